The van der Waals surface area contributed by atoms with Crippen LogP contribution >= 0.6 is 0 Å². The molecule has 0 aromatic carbocycles. The van der Waals surface area contributed by atoms with Gasteiger partial charge < -0.3 is 20.4 Å². The number of rotatable bonds is 11. The molecular weight excluding hydrogens is 406 g/mol. The second-order valence-corrected chi connectivity index (χ2v) is 8.74. The van der Waals surface area contributed by atoms with Crippen molar-refractivity contribution in [2.45, 2.75) is 59.4 Å². The zero-order chi connectivity index (χ0) is 23.3. The molecule has 0 radical (unpaired) electrons. The van der Waals surface area contributed by atoms with Gasteiger partial charge in [-0.15, -0.1) is 0 Å². The van der Waals surface area contributed by atoms with Gasteiger partial charge in [-0.05, 0) is 31.7 Å². The van der Waals surface area contributed by atoms with Crippen molar-refractivity contribution in [3.8, 4) is 0 Å². The van der Waals surface area contributed by atoms with Crippen molar-refractivity contribution in [3.05, 3.63) is 18.0 Å². The third kappa shape index (κ3) is 8.88. The van der Waals surface area contributed by atoms with E-state index in [-0.39, 0.29) is 11.8 Å². The smallest absolute Gasteiger partial charge is 0.222 e. The van der Waals surface area contributed by atoms with Gasteiger partial charge in [-0.1, -0.05) is 20.3 Å². The van der Waals surface area contributed by atoms with Crippen molar-refractivity contribution in [3.63, 3.8) is 0 Å². The molecule has 0 atom stereocenters. The number of hydrogen-bond acceptors (Lipinski definition) is 4. The molecule has 2 amide bonds. The fourth-order valence-electron chi connectivity index (χ4n) is 3.68. The molecule has 2 rings (SSSR count). The van der Waals surface area contributed by atoms with E-state index in [1.54, 1.807) is 6.20 Å². The largest absolute Gasteiger partial charge is 0.357 e. The van der Waals surface area contributed by atoms with E-state index >= 15 is 0 Å². The van der Waals surface area contributed by atoms with Crippen LogP contribution in [0.3, 0.4) is 0 Å². The number of aromatic nitrogens is 2. The molecule has 180 valence electrons. The molecule has 2 heterocycles. The lowest BCUT2D eigenvalue weighted by atomic mass is 10.1. The summed E-state index contributed by atoms with van der Waals surface area (Å²) >= 11 is 0. The van der Waals surface area contributed by atoms with E-state index < -0.39 is 0 Å². The van der Waals surface area contributed by atoms with E-state index in [4.69, 9.17) is 0 Å². The Hall–Kier alpha value is -2.58. The van der Waals surface area contributed by atoms with Gasteiger partial charge in [-0.2, -0.15) is 5.10 Å². The van der Waals surface area contributed by atoms with Crippen molar-refractivity contribution in [2.75, 3.05) is 39.3 Å². The van der Waals surface area contributed by atoms with Crippen LogP contribution in [0.4, 0.5) is 0 Å². The Labute approximate surface area is 192 Å². The van der Waals surface area contributed by atoms with Crippen molar-refractivity contribution >= 4 is 17.8 Å². The fraction of sp³-hybridized carbons (Fsp3) is 0.739. The van der Waals surface area contributed by atoms with Gasteiger partial charge in [0.05, 0.1) is 12.2 Å². The van der Waals surface area contributed by atoms with Gasteiger partial charge in [0.15, 0.2) is 5.96 Å². The lowest BCUT2D eigenvalue weighted by molar-refractivity contribution is -0.140. The first kappa shape index (κ1) is 25.7. The first-order valence-corrected chi connectivity index (χ1v) is 11.9. The molecule has 0 spiro atoms. The summed E-state index contributed by atoms with van der Waals surface area (Å²) in [6, 6.07) is 1.97. The predicted molar refractivity (Wildman–Crippen MR) is 127 cm³/mol. The van der Waals surface area contributed by atoms with Crippen LogP contribution in [0.5, 0.6) is 0 Å². The highest BCUT2D eigenvalue weighted by Gasteiger charge is 2.23. The van der Waals surface area contributed by atoms with Crippen LogP contribution in [0.2, 0.25) is 0 Å². The normalized spacial score (nSPS) is 14.7. The lowest BCUT2D eigenvalue weighted by Crippen LogP contribution is -2.50. The van der Waals surface area contributed by atoms with Crippen LogP contribution in [0.25, 0.3) is 0 Å². The number of carbonyl (C=O) groups excluding carboxylic acids is 2. The maximum Gasteiger partial charge on any atom is 0.222 e. The monoisotopic (exact) mass is 447 g/mol. The minimum Gasteiger partial charge on any atom is -0.357 e. The number of carbonyl (C=O) groups is 2. The number of aliphatic imine (C=N–C) groups is 1. The maximum atomic E-state index is 12.5. The van der Waals surface area contributed by atoms with Crippen molar-refractivity contribution in [1.29, 1.82) is 0 Å². The zero-order valence-corrected chi connectivity index (χ0v) is 20.3. The highest BCUT2D eigenvalue weighted by molar-refractivity contribution is 5.79. The maximum absolute atomic E-state index is 12.5. The summed E-state index contributed by atoms with van der Waals surface area (Å²) in [7, 11) is 1.92. The lowest BCUT2D eigenvalue weighted by Gasteiger charge is -2.35. The Morgan fingerprint density at radius 2 is 1.75 bits per heavy atom. The second-order valence-electron chi connectivity index (χ2n) is 8.74. The Morgan fingerprint density at radius 1 is 1.06 bits per heavy atom. The molecule has 32 heavy (non-hydrogen) atoms. The minimum absolute atomic E-state index is 0.208. The molecule has 0 saturated carbocycles. The molecule has 1 aliphatic heterocycles. The molecule has 1 aliphatic rings. The van der Waals surface area contributed by atoms with Crippen molar-refractivity contribution in [2.24, 2.45) is 18.0 Å². The number of unbranched alkanes of at least 4 members (excludes halogenated alkanes) is 2. The minimum atomic E-state index is 0.208. The molecule has 0 unspecified atom stereocenters. The topological polar surface area (TPSA) is 94.9 Å². The van der Waals surface area contributed by atoms with Gasteiger partial charge in [0.25, 0.3) is 0 Å². The van der Waals surface area contributed by atoms with Crippen LogP contribution in [-0.4, -0.2) is 76.6 Å². The number of nitrogens with zero attached hydrogens (tertiary/aromatic N) is 5. The molecule has 1 saturated heterocycles. The molecule has 1 aromatic rings. The SMILES string of the molecule is CCNC(=NCc1ccnn1C)NCCCCCC(=O)N1CCN(C(=O)CC(C)C)CC1. The summed E-state index contributed by atoms with van der Waals surface area (Å²) < 4.78 is 1.83. The summed E-state index contributed by atoms with van der Waals surface area (Å²) in [5.74, 6) is 1.59. The molecule has 1 fully saturated rings. The van der Waals surface area contributed by atoms with E-state index in [1.165, 1.54) is 0 Å². The van der Waals surface area contributed by atoms with Gasteiger partial charge in [-0.3, -0.25) is 14.3 Å². The summed E-state index contributed by atoms with van der Waals surface area (Å²) in [6.07, 6.45) is 5.81. The Morgan fingerprint density at radius 3 is 2.34 bits per heavy atom. The number of hydrogen-bond donors (Lipinski definition) is 2. The van der Waals surface area contributed by atoms with Gasteiger partial charge in [-0.25, -0.2) is 4.99 Å². The molecule has 1 aromatic heterocycles. The Balaban J connectivity index is 1.59. The van der Waals surface area contributed by atoms with Crippen LogP contribution < -0.4 is 10.6 Å². The van der Waals surface area contributed by atoms with E-state index in [0.717, 1.165) is 44.0 Å². The summed E-state index contributed by atoms with van der Waals surface area (Å²) in [5.41, 5.74) is 1.06. The molecule has 0 bridgehead atoms. The predicted octanol–water partition coefficient (Wildman–Crippen LogP) is 1.75. The Kier molecular flexibility index (Phi) is 11.0. The van der Waals surface area contributed by atoms with Crippen LogP contribution in [0.1, 0.15) is 58.6 Å². The number of aryl methyl sites for hydroxylation is 1. The third-order valence-corrected chi connectivity index (χ3v) is 5.59. The standard InChI is InChI=1S/C23H41N7O2/c1-5-24-23(26-18-20-10-12-27-28(20)4)25-11-8-6-7-9-21(31)29-13-15-30(16-14-29)22(32)17-19(2)3/h10,12,19H,5-9,11,13-18H2,1-4H3,(H2,24,25,26). The van der Waals surface area contributed by atoms with Crippen LogP contribution in [0, 0.1) is 5.92 Å². The van der Waals surface area contributed by atoms with Crippen molar-refractivity contribution < 1.29 is 9.59 Å². The van der Waals surface area contributed by atoms with Crippen molar-refractivity contribution in [1.82, 2.24) is 30.2 Å². The quantitative estimate of drug-likeness (QED) is 0.306. The van der Waals surface area contributed by atoms with Gasteiger partial charge in [0.2, 0.25) is 11.8 Å². The molecule has 9 nitrogen and oxygen atoms in total. The fourth-order valence-corrected chi connectivity index (χ4v) is 3.68. The average molecular weight is 448 g/mol. The molecule has 0 aliphatic carbocycles. The van der Waals surface area contributed by atoms with Gasteiger partial charge in [0, 0.05) is 65.4 Å². The highest BCUT2D eigenvalue weighted by Crippen LogP contribution is 2.10. The summed E-state index contributed by atoms with van der Waals surface area (Å²) in [6.45, 7) is 11.0. The molecule has 9 heteroatoms. The zero-order valence-electron chi connectivity index (χ0n) is 20.3. The number of amides is 2. The summed E-state index contributed by atoms with van der Waals surface area (Å²) in [5, 5.41) is 10.8. The van der Waals surface area contributed by atoms with Crippen LogP contribution in [0.15, 0.2) is 17.3 Å². The highest BCUT2D eigenvalue weighted by atomic mass is 16.2. The first-order chi connectivity index (χ1) is 15.4. The second kappa shape index (κ2) is 13.8. The summed E-state index contributed by atoms with van der Waals surface area (Å²) in [4.78, 5) is 33.0. The third-order valence-electron chi connectivity index (χ3n) is 5.59. The van der Waals surface area contributed by atoms with E-state index in [0.29, 0.717) is 51.5 Å². The molecule has 2 N–H and O–H groups in total. The van der Waals surface area contributed by atoms with E-state index in [1.807, 2.05) is 34.5 Å². The van der Waals surface area contributed by atoms with Gasteiger partial charge in [0.1, 0.15) is 0 Å². The number of piperazine rings is 1. The van der Waals surface area contributed by atoms with Gasteiger partial charge >= 0.3 is 0 Å². The first-order valence-electron chi connectivity index (χ1n) is 11.9. The van der Waals surface area contributed by atoms with Crippen LogP contribution in [-0.2, 0) is 23.2 Å². The molecular formula is C23H41N7O2. The number of guanidine groups is 1. The average Bonchev–Trinajstić information content (AvgIpc) is 3.18. The number of nitrogens with one attached hydrogen (secondary N) is 2. The Bertz CT molecular complexity index is 736. The van der Waals surface area contributed by atoms with E-state index in [2.05, 4.69) is 34.6 Å². The van der Waals surface area contributed by atoms with E-state index in [9.17, 15) is 9.59 Å².